The number of rotatable bonds is 8. The van der Waals surface area contributed by atoms with Crippen molar-refractivity contribution < 1.29 is 9.53 Å². The molecule has 0 fully saturated rings. The maximum atomic E-state index is 11.5. The first-order valence-electron chi connectivity index (χ1n) is 9.86. The van der Waals surface area contributed by atoms with E-state index in [0.29, 0.717) is 18.9 Å². The van der Waals surface area contributed by atoms with Gasteiger partial charge in [0.15, 0.2) is 0 Å². The smallest absolute Gasteiger partial charge is 0.305 e. The van der Waals surface area contributed by atoms with Crippen molar-refractivity contribution in [3.05, 3.63) is 44.8 Å². The molecular weight excluding hydrogens is 400 g/mol. The van der Waals surface area contributed by atoms with E-state index in [4.69, 9.17) is 10.00 Å². The largest absolute Gasteiger partial charge is 0.466 e. The van der Waals surface area contributed by atoms with E-state index < -0.39 is 5.41 Å². The SMILES string of the molecule is CC(C)C(C#N)c1cccs1.CCOC(=O)CCC(C#N)(c1cccs1)C(C)C. The van der Waals surface area contributed by atoms with Gasteiger partial charge >= 0.3 is 5.97 Å². The molecule has 0 N–H and O–H groups in total. The van der Waals surface area contributed by atoms with Gasteiger partial charge in [0.1, 0.15) is 0 Å². The monoisotopic (exact) mass is 430 g/mol. The van der Waals surface area contributed by atoms with Crippen LogP contribution in [0, 0.1) is 34.5 Å². The fourth-order valence-corrected chi connectivity index (χ4v) is 5.01. The Kier molecular flexibility index (Phi) is 10.7. The van der Waals surface area contributed by atoms with Crippen LogP contribution in [0.5, 0.6) is 0 Å². The van der Waals surface area contributed by atoms with Gasteiger partial charge in [-0.15, -0.1) is 22.7 Å². The first-order valence-corrected chi connectivity index (χ1v) is 11.6. The Morgan fingerprint density at radius 3 is 2.21 bits per heavy atom. The van der Waals surface area contributed by atoms with E-state index in [2.05, 4.69) is 26.0 Å². The van der Waals surface area contributed by atoms with Gasteiger partial charge in [0.25, 0.3) is 0 Å². The minimum absolute atomic E-state index is 0.0787. The van der Waals surface area contributed by atoms with E-state index in [9.17, 15) is 10.1 Å². The zero-order valence-corrected chi connectivity index (χ0v) is 19.5. The summed E-state index contributed by atoms with van der Waals surface area (Å²) in [5, 5.41) is 22.4. The Balaban J connectivity index is 0.000000326. The summed E-state index contributed by atoms with van der Waals surface area (Å²) in [7, 11) is 0. The number of hydrogen-bond acceptors (Lipinski definition) is 6. The van der Waals surface area contributed by atoms with Crippen LogP contribution in [-0.4, -0.2) is 12.6 Å². The summed E-state index contributed by atoms with van der Waals surface area (Å²) in [5.41, 5.74) is -0.582. The lowest BCUT2D eigenvalue weighted by Crippen LogP contribution is -2.30. The lowest BCUT2D eigenvalue weighted by Gasteiger charge is -2.29. The zero-order valence-electron chi connectivity index (χ0n) is 17.8. The van der Waals surface area contributed by atoms with Gasteiger partial charge < -0.3 is 4.74 Å². The Bertz CT molecular complexity index is 799. The molecule has 4 nitrogen and oxygen atoms in total. The summed E-state index contributed by atoms with van der Waals surface area (Å²) >= 11 is 3.23. The second-order valence-corrected chi connectivity index (χ2v) is 9.31. The van der Waals surface area contributed by atoms with Crippen molar-refractivity contribution in [2.45, 2.75) is 58.8 Å². The quantitative estimate of drug-likeness (QED) is 0.447. The molecule has 6 heteroatoms. The van der Waals surface area contributed by atoms with Crippen LogP contribution >= 0.6 is 22.7 Å². The van der Waals surface area contributed by atoms with E-state index in [1.165, 1.54) is 4.88 Å². The summed E-state index contributed by atoms with van der Waals surface area (Å²) in [6.07, 6.45) is 0.804. The molecule has 0 amide bonds. The molecule has 2 atom stereocenters. The molecule has 0 radical (unpaired) electrons. The second kappa shape index (κ2) is 12.4. The van der Waals surface area contributed by atoms with Crippen molar-refractivity contribution in [1.82, 2.24) is 0 Å². The van der Waals surface area contributed by atoms with Crippen LogP contribution in [0.4, 0.5) is 0 Å². The Hall–Kier alpha value is -2.15. The number of carbonyl (C=O) groups excluding carboxylic acids is 1. The summed E-state index contributed by atoms with van der Waals surface area (Å²) in [5.74, 6) is 0.429. The first kappa shape index (κ1) is 24.9. The molecular formula is C23H30N2O2S2. The van der Waals surface area contributed by atoms with Crippen molar-refractivity contribution in [3.63, 3.8) is 0 Å². The molecule has 2 aromatic heterocycles. The van der Waals surface area contributed by atoms with Gasteiger partial charge in [-0.05, 0) is 48.1 Å². The summed E-state index contributed by atoms with van der Waals surface area (Å²) < 4.78 is 4.93. The normalized spacial score (nSPS) is 13.6. The highest BCUT2D eigenvalue weighted by molar-refractivity contribution is 7.10. The minimum Gasteiger partial charge on any atom is -0.466 e. The highest BCUT2D eigenvalue weighted by Gasteiger charge is 2.37. The maximum Gasteiger partial charge on any atom is 0.305 e. The van der Waals surface area contributed by atoms with E-state index >= 15 is 0 Å². The molecule has 0 spiro atoms. The number of nitriles is 2. The van der Waals surface area contributed by atoms with Gasteiger partial charge in [-0.2, -0.15) is 10.5 Å². The van der Waals surface area contributed by atoms with Gasteiger partial charge in [-0.3, -0.25) is 4.79 Å². The fraction of sp³-hybridized carbons (Fsp3) is 0.522. The van der Waals surface area contributed by atoms with Gasteiger partial charge in [0.05, 0.1) is 30.1 Å². The van der Waals surface area contributed by atoms with Crippen LogP contribution in [0.25, 0.3) is 0 Å². The fourth-order valence-electron chi connectivity index (χ4n) is 3.01. The van der Waals surface area contributed by atoms with E-state index in [-0.39, 0.29) is 24.2 Å². The van der Waals surface area contributed by atoms with Crippen molar-refractivity contribution in [3.8, 4) is 12.1 Å². The predicted molar refractivity (Wildman–Crippen MR) is 120 cm³/mol. The average Bonchev–Trinajstić information content (AvgIpc) is 3.38. The molecule has 0 aliphatic heterocycles. The summed E-state index contributed by atoms with van der Waals surface area (Å²) in [6.45, 7) is 10.4. The average molecular weight is 431 g/mol. The number of nitrogens with zero attached hydrogens (tertiary/aromatic N) is 2. The Morgan fingerprint density at radius 2 is 1.79 bits per heavy atom. The first-order chi connectivity index (χ1) is 13.8. The van der Waals surface area contributed by atoms with Crippen LogP contribution in [0.3, 0.4) is 0 Å². The lowest BCUT2D eigenvalue weighted by molar-refractivity contribution is -0.143. The molecule has 0 aliphatic rings. The van der Waals surface area contributed by atoms with Gasteiger partial charge in [0, 0.05) is 16.2 Å². The molecule has 0 aliphatic carbocycles. The Morgan fingerprint density at radius 1 is 1.14 bits per heavy atom. The van der Waals surface area contributed by atoms with Crippen LogP contribution in [0.15, 0.2) is 35.0 Å². The van der Waals surface area contributed by atoms with Crippen LogP contribution in [0.2, 0.25) is 0 Å². The van der Waals surface area contributed by atoms with E-state index in [0.717, 1.165) is 4.88 Å². The third-order valence-corrected chi connectivity index (χ3v) is 6.83. The molecule has 2 aromatic rings. The van der Waals surface area contributed by atoms with Crippen molar-refractivity contribution >= 4 is 28.6 Å². The molecule has 2 heterocycles. The molecule has 2 rings (SSSR count). The molecule has 0 bridgehead atoms. The number of ether oxygens (including phenoxy) is 1. The molecule has 29 heavy (non-hydrogen) atoms. The minimum atomic E-state index is -0.582. The second-order valence-electron chi connectivity index (χ2n) is 7.39. The maximum absolute atomic E-state index is 11.5. The van der Waals surface area contributed by atoms with Gasteiger partial charge in [-0.25, -0.2) is 0 Å². The van der Waals surface area contributed by atoms with Gasteiger partial charge in [-0.1, -0.05) is 39.8 Å². The summed E-state index contributed by atoms with van der Waals surface area (Å²) in [4.78, 5) is 13.7. The van der Waals surface area contributed by atoms with Crippen LogP contribution < -0.4 is 0 Å². The van der Waals surface area contributed by atoms with E-state index in [1.807, 2.05) is 48.9 Å². The van der Waals surface area contributed by atoms with Crippen molar-refractivity contribution in [2.75, 3.05) is 6.61 Å². The molecule has 2 unspecified atom stereocenters. The third kappa shape index (κ3) is 6.99. The number of carbonyl (C=O) groups is 1. The highest BCUT2D eigenvalue weighted by Crippen LogP contribution is 2.39. The predicted octanol–water partition coefficient (Wildman–Crippen LogP) is 6.52. The zero-order chi connectivity index (χ0) is 21.9. The van der Waals surface area contributed by atoms with E-state index in [1.54, 1.807) is 29.6 Å². The Labute approximate surface area is 182 Å². The molecule has 0 saturated heterocycles. The van der Waals surface area contributed by atoms with Crippen molar-refractivity contribution in [2.24, 2.45) is 11.8 Å². The highest BCUT2D eigenvalue weighted by atomic mass is 32.1. The topological polar surface area (TPSA) is 73.9 Å². The van der Waals surface area contributed by atoms with Crippen LogP contribution in [-0.2, 0) is 14.9 Å². The number of esters is 1. The standard InChI is InChI=1S/C14H19NO2S.C9H11NS/c1-4-17-13(16)7-8-14(10-15,11(2)3)12-6-5-9-18-12;1-7(2)8(6-10)9-4-3-5-11-9/h5-6,9,11H,4,7-8H2,1-3H3;3-5,7-8H,1-2H3. The lowest BCUT2D eigenvalue weighted by atomic mass is 9.74. The van der Waals surface area contributed by atoms with Crippen LogP contribution in [0.1, 0.15) is 63.1 Å². The number of hydrogen-bond donors (Lipinski definition) is 0. The number of thiophene rings is 2. The molecule has 156 valence electrons. The third-order valence-electron chi connectivity index (χ3n) is 4.83. The summed E-state index contributed by atoms with van der Waals surface area (Å²) in [6, 6.07) is 12.7. The van der Waals surface area contributed by atoms with Crippen molar-refractivity contribution in [1.29, 1.82) is 10.5 Å². The molecule has 0 saturated carbocycles. The van der Waals surface area contributed by atoms with Gasteiger partial charge in [0.2, 0.25) is 0 Å². The molecule has 0 aromatic carbocycles.